The van der Waals surface area contributed by atoms with Crippen molar-refractivity contribution in [1.29, 1.82) is 0 Å². The van der Waals surface area contributed by atoms with Crippen LogP contribution in [0.4, 0.5) is 4.39 Å². The van der Waals surface area contributed by atoms with Crippen LogP contribution in [0.2, 0.25) is 0 Å². The lowest BCUT2D eigenvalue weighted by atomic mass is 9.91. The summed E-state index contributed by atoms with van der Waals surface area (Å²) in [7, 11) is 0. The number of benzene rings is 1. The lowest BCUT2D eigenvalue weighted by Crippen LogP contribution is -2.37. The van der Waals surface area contributed by atoms with Crippen LogP contribution in [-0.4, -0.2) is 64.4 Å². The van der Waals surface area contributed by atoms with Gasteiger partial charge in [0, 0.05) is 43.0 Å². The fourth-order valence-electron chi connectivity index (χ4n) is 3.48. The summed E-state index contributed by atoms with van der Waals surface area (Å²) in [6, 6.07) is 4.58. The van der Waals surface area contributed by atoms with Crippen LogP contribution in [0.5, 0.6) is 0 Å². The predicted molar refractivity (Wildman–Crippen MR) is 114 cm³/mol. The molecular formula is C22H27FN2O8. The molecule has 0 spiro atoms. The number of aliphatic carboxylic acids is 2. The van der Waals surface area contributed by atoms with Crippen LogP contribution in [0.3, 0.4) is 0 Å². The zero-order valence-electron chi connectivity index (χ0n) is 18.4. The van der Waals surface area contributed by atoms with Gasteiger partial charge in [0.15, 0.2) is 5.58 Å². The lowest BCUT2D eigenvalue weighted by molar-refractivity contribution is -0.275. The van der Waals surface area contributed by atoms with E-state index in [2.05, 4.69) is 21.9 Å². The van der Waals surface area contributed by atoms with Crippen molar-refractivity contribution in [2.75, 3.05) is 26.2 Å². The van der Waals surface area contributed by atoms with Crippen molar-refractivity contribution in [3.05, 3.63) is 41.9 Å². The summed E-state index contributed by atoms with van der Waals surface area (Å²) in [5, 5.41) is 20.7. The second-order valence-corrected chi connectivity index (χ2v) is 7.76. The molecule has 0 radical (unpaired) electrons. The highest BCUT2D eigenvalue weighted by Crippen LogP contribution is 2.32. The monoisotopic (exact) mass is 466 g/mol. The number of carboxylic acids is 2. The summed E-state index contributed by atoms with van der Waals surface area (Å²) in [5.74, 6) is -2.66. The van der Waals surface area contributed by atoms with Gasteiger partial charge in [-0.1, -0.05) is 12.1 Å². The molecule has 33 heavy (non-hydrogen) atoms. The van der Waals surface area contributed by atoms with Gasteiger partial charge in [-0.15, -0.1) is 0 Å². The average Bonchev–Trinajstić information content (AvgIpc) is 3.16. The molecule has 1 saturated heterocycles. The third-order valence-electron chi connectivity index (χ3n) is 4.90. The maximum atomic E-state index is 13.3. The Morgan fingerprint density at radius 2 is 1.88 bits per heavy atom. The molecular weight excluding hydrogens is 439 g/mol. The number of fused-ring (bicyclic) bond motifs is 1. The van der Waals surface area contributed by atoms with Crippen LogP contribution in [0, 0.1) is 11.7 Å². The van der Waals surface area contributed by atoms with Crippen LogP contribution < -0.4 is 0 Å². The molecule has 0 unspecified atom stereocenters. The summed E-state index contributed by atoms with van der Waals surface area (Å²) in [5.41, 5.74) is 1.44. The van der Waals surface area contributed by atoms with E-state index in [1.165, 1.54) is 19.1 Å². The van der Waals surface area contributed by atoms with Crippen LogP contribution in [0.25, 0.3) is 11.0 Å². The maximum Gasteiger partial charge on any atom is 0.339 e. The molecule has 180 valence electrons. The Morgan fingerprint density at radius 1 is 1.24 bits per heavy atom. The van der Waals surface area contributed by atoms with E-state index in [0.29, 0.717) is 30.3 Å². The summed E-state index contributed by atoms with van der Waals surface area (Å²) in [6.07, 6.45) is 3.08. The van der Waals surface area contributed by atoms with E-state index in [1.807, 2.05) is 0 Å². The predicted octanol–water partition coefficient (Wildman–Crippen LogP) is 2.99. The Labute approximate surface area is 189 Å². The number of likely N-dealkylation sites (tertiary alicyclic amines) is 1. The summed E-state index contributed by atoms with van der Waals surface area (Å²) in [6.45, 7) is 6.57. The number of rotatable bonds is 8. The van der Waals surface area contributed by atoms with E-state index in [9.17, 15) is 18.8 Å². The first-order chi connectivity index (χ1) is 15.7. The van der Waals surface area contributed by atoms with Gasteiger partial charge >= 0.3 is 17.9 Å². The molecule has 0 aliphatic carbocycles. The van der Waals surface area contributed by atoms with Gasteiger partial charge in [0.25, 0.3) is 0 Å². The van der Waals surface area contributed by atoms with E-state index in [0.717, 1.165) is 43.6 Å². The molecule has 1 aliphatic rings. The van der Waals surface area contributed by atoms with Crippen LogP contribution >= 0.6 is 0 Å². The minimum Gasteiger partial charge on any atom is -0.478 e. The Morgan fingerprint density at radius 3 is 2.45 bits per heavy atom. The molecule has 3 rings (SSSR count). The molecule has 0 amide bonds. The van der Waals surface area contributed by atoms with Crippen LogP contribution in [0.15, 0.2) is 34.9 Å². The number of carbonyl (C=O) groups excluding carboxylic acids is 1. The van der Waals surface area contributed by atoms with Gasteiger partial charge < -0.3 is 19.6 Å². The van der Waals surface area contributed by atoms with Gasteiger partial charge in [-0.3, -0.25) is 4.89 Å². The number of hydrogen-bond donors (Lipinski definition) is 2. The van der Waals surface area contributed by atoms with Gasteiger partial charge in [-0.05, 0) is 44.0 Å². The number of aromatic nitrogens is 1. The molecule has 2 heterocycles. The van der Waals surface area contributed by atoms with Gasteiger partial charge in [0.2, 0.25) is 0 Å². The zero-order chi connectivity index (χ0) is 24.4. The first kappa shape index (κ1) is 25.9. The molecule has 2 aromatic rings. The maximum absolute atomic E-state index is 13.3. The highest BCUT2D eigenvalue weighted by atomic mass is 19.1. The highest BCUT2D eigenvalue weighted by Gasteiger charge is 2.25. The third-order valence-corrected chi connectivity index (χ3v) is 4.90. The average molecular weight is 466 g/mol. The molecule has 2 N–H and O–H groups in total. The van der Waals surface area contributed by atoms with Gasteiger partial charge in [-0.25, -0.2) is 18.8 Å². The highest BCUT2D eigenvalue weighted by molar-refractivity contribution is 5.89. The molecule has 1 aliphatic heterocycles. The minimum atomic E-state index is -1.26. The van der Waals surface area contributed by atoms with Crippen LogP contribution in [0.1, 0.15) is 38.3 Å². The number of halogens is 1. The van der Waals surface area contributed by atoms with Crippen molar-refractivity contribution >= 4 is 28.9 Å². The first-order valence-electron chi connectivity index (χ1n) is 10.4. The van der Waals surface area contributed by atoms with Crippen molar-refractivity contribution < 1.29 is 43.3 Å². The molecule has 1 aromatic carbocycles. The third kappa shape index (κ3) is 8.99. The van der Waals surface area contributed by atoms with Gasteiger partial charge in [0.05, 0.1) is 12.3 Å². The topological polar surface area (TPSA) is 139 Å². The van der Waals surface area contributed by atoms with E-state index >= 15 is 0 Å². The molecule has 0 bridgehead atoms. The minimum absolute atomic E-state index is 0.270. The smallest absolute Gasteiger partial charge is 0.339 e. The van der Waals surface area contributed by atoms with Crippen molar-refractivity contribution in [2.24, 2.45) is 5.92 Å². The molecule has 1 atom stereocenters. The van der Waals surface area contributed by atoms with E-state index < -0.39 is 17.9 Å². The van der Waals surface area contributed by atoms with E-state index in [4.69, 9.17) is 19.6 Å². The number of piperidine rings is 1. The van der Waals surface area contributed by atoms with Crippen molar-refractivity contribution in [3.8, 4) is 0 Å². The summed E-state index contributed by atoms with van der Waals surface area (Å²) >= 11 is 0. The second-order valence-electron chi connectivity index (χ2n) is 7.76. The molecule has 1 fully saturated rings. The fourth-order valence-corrected chi connectivity index (χ4v) is 3.48. The normalized spacial score (nSPS) is 15.7. The van der Waals surface area contributed by atoms with Gasteiger partial charge in [0.1, 0.15) is 5.82 Å². The molecule has 11 heteroatoms. The molecule has 1 aromatic heterocycles. The van der Waals surface area contributed by atoms with Crippen molar-refractivity contribution in [3.63, 3.8) is 0 Å². The van der Waals surface area contributed by atoms with Crippen molar-refractivity contribution in [1.82, 2.24) is 10.1 Å². The molecule has 10 nitrogen and oxygen atoms in total. The molecule has 0 saturated carbocycles. The standard InChI is InChI=1S/C18H23FN2O4.C4H4O4/c1-12(11-23-25-13(2)22)10-21-7-5-14(6-8-21)18-16-4-3-15(19)9-17(16)24-20-18;5-3(6)1-2-4(7)8/h3-4,9,12,14H,5-8,10-11H2,1-2H3;1-2H,(H,5,6)(H,7,8)/b;2-1+/t12-;/m1./s1. The van der Waals surface area contributed by atoms with E-state index in [-0.39, 0.29) is 11.7 Å². The number of carbonyl (C=O) groups is 3. The Bertz CT molecular complexity index is 966. The zero-order valence-corrected chi connectivity index (χ0v) is 18.4. The second kappa shape index (κ2) is 12.7. The largest absolute Gasteiger partial charge is 0.478 e. The van der Waals surface area contributed by atoms with Crippen molar-refractivity contribution in [2.45, 2.75) is 32.6 Å². The quantitative estimate of drug-likeness (QED) is 0.339. The van der Waals surface area contributed by atoms with Crippen LogP contribution in [-0.2, 0) is 24.2 Å². The summed E-state index contributed by atoms with van der Waals surface area (Å²) in [4.78, 5) is 41.6. The fraction of sp³-hybridized carbons (Fsp3) is 0.455. The Hall–Kier alpha value is -3.31. The number of hydrogen-bond acceptors (Lipinski definition) is 8. The lowest BCUT2D eigenvalue weighted by Gasteiger charge is -2.32. The first-order valence-corrected chi connectivity index (χ1v) is 10.4. The van der Waals surface area contributed by atoms with E-state index in [1.54, 1.807) is 6.07 Å². The number of nitrogens with zero attached hydrogens (tertiary/aromatic N) is 2. The SMILES string of the molecule is CC(=O)OOC[C@H](C)CN1CCC(c2noc3cc(F)ccc23)CC1.O=C(O)/C=C/C(=O)O. The Balaban J connectivity index is 0.000000414. The van der Waals surface area contributed by atoms with Gasteiger partial charge in [-0.2, -0.15) is 4.89 Å². The summed E-state index contributed by atoms with van der Waals surface area (Å²) < 4.78 is 18.5. The number of carboxylic acid groups (broad SMARTS) is 2. The Kier molecular flexibility index (Phi) is 9.95.